The molecule has 1 amide bonds. The number of hydrogen-bond donors (Lipinski definition) is 2. The second-order valence-corrected chi connectivity index (χ2v) is 7.25. The summed E-state index contributed by atoms with van der Waals surface area (Å²) < 4.78 is 1.88. The van der Waals surface area contributed by atoms with Crippen LogP contribution in [0.2, 0.25) is 0 Å². The van der Waals surface area contributed by atoms with E-state index in [1.165, 1.54) is 0 Å². The largest absolute Gasteiger partial charge is 0.352 e. The molecule has 3 saturated heterocycles. The fourth-order valence-electron chi connectivity index (χ4n) is 4.19. The van der Waals surface area contributed by atoms with Gasteiger partial charge in [-0.05, 0) is 36.9 Å². The van der Waals surface area contributed by atoms with E-state index in [4.69, 9.17) is 5.73 Å². The van der Waals surface area contributed by atoms with E-state index in [9.17, 15) is 4.79 Å². The van der Waals surface area contributed by atoms with Crippen molar-refractivity contribution in [2.75, 3.05) is 13.1 Å². The van der Waals surface area contributed by atoms with Gasteiger partial charge in [0, 0.05) is 44.3 Å². The van der Waals surface area contributed by atoms with Crippen molar-refractivity contribution in [2.45, 2.75) is 38.5 Å². The number of piperidine rings is 3. The topological polar surface area (TPSA) is 102 Å². The predicted molar refractivity (Wildman–Crippen MR) is 95.6 cm³/mol. The maximum Gasteiger partial charge on any atom is 0.224 e. The van der Waals surface area contributed by atoms with E-state index in [0.29, 0.717) is 25.0 Å². The predicted octanol–water partition coefficient (Wildman–Crippen LogP) is 0.159. The first-order valence-corrected chi connectivity index (χ1v) is 9.22. The first-order valence-electron chi connectivity index (χ1n) is 9.22. The number of carbonyl (C=O) groups excluding carboxylic acids is 1. The summed E-state index contributed by atoms with van der Waals surface area (Å²) in [7, 11) is 0. The van der Waals surface area contributed by atoms with E-state index in [1.807, 2.05) is 23.0 Å². The van der Waals surface area contributed by atoms with Crippen LogP contribution in [-0.4, -0.2) is 49.9 Å². The van der Waals surface area contributed by atoms with Crippen LogP contribution in [0.15, 0.2) is 30.7 Å². The Kier molecular flexibility index (Phi) is 4.94. The highest BCUT2D eigenvalue weighted by molar-refractivity contribution is 5.79. The highest BCUT2D eigenvalue weighted by atomic mass is 16.1. The Morgan fingerprint density at radius 1 is 1.42 bits per heavy atom. The highest BCUT2D eigenvalue weighted by Crippen LogP contribution is 2.36. The van der Waals surface area contributed by atoms with E-state index in [1.54, 1.807) is 12.4 Å². The van der Waals surface area contributed by atoms with Crippen LogP contribution in [0.3, 0.4) is 0 Å². The van der Waals surface area contributed by atoms with Gasteiger partial charge in [0.2, 0.25) is 5.91 Å². The molecule has 3 aliphatic heterocycles. The van der Waals surface area contributed by atoms with E-state index >= 15 is 0 Å². The van der Waals surface area contributed by atoms with Crippen LogP contribution in [0.1, 0.15) is 24.1 Å². The Morgan fingerprint density at radius 3 is 3.04 bits per heavy atom. The maximum absolute atomic E-state index is 12.7. The van der Waals surface area contributed by atoms with E-state index in [-0.39, 0.29) is 11.8 Å². The van der Waals surface area contributed by atoms with E-state index < -0.39 is 0 Å². The van der Waals surface area contributed by atoms with Crippen LogP contribution in [0.5, 0.6) is 0 Å². The SMILES string of the molecule is NCc1cn(C[C@H]2C[C@H]3CCN2C[C@H]3C(=O)NCc2cccnc2)nn1. The Hall–Kier alpha value is -2.32. The summed E-state index contributed by atoms with van der Waals surface area (Å²) in [5.74, 6) is 0.677. The molecule has 0 spiro atoms. The lowest BCUT2D eigenvalue weighted by Gasteiger charge is -2.49. The molecule has 0 aliphatic carbocycles. The van der Waals surface area contributed by atoms with Crippen molar-refractivity contribution < 1.29 is 4.79 Å². The van der Waals surface area contributed by atoms with Crippen molar-refractivity contribution in [3.05, 3.63) is 42.0 Å². The van der Waals surface area contributed by atoms with Gasteiger partial charge in [-0.3, -0.25) is 19.4 Å². The molecule has 2 aromatic heterocycles. The number of carbonyl (C=O) groups is 1. The summed E-state index contributed by atoms with van der Waals surface area (Å²) in [6.07, 6.45) is 7.57. The first-order chi connectivity index (χ1) is 12.7. The van der Waals surface area contributed by atoms with Crippen molar-refractivity contribution in [1.82, 2.24) is 30.2 Å². The summed E-state index contributed by atoms with van der Waals surface area (Å²) in [6.45, 7) is 3.65. The van der Waals surface area contributed by atoms with Crippen LogP contribution in [0.4, 0.5) is 0 Å². The lowest BCUT2D eigenvalue weighted by molar-refractivity contribution is -0.133. The number of rotatable bonds is 6. The van der Waals surface area contributed by atoms with Gasteiger partial charge in [-0.15, -0.1) is 5.10 Å². The second-order valence-electron chi connectivity index (χ2n) is 7.25. The van der Waals surface area contributed by atoms with Crippen molar-refractivity contribution in [3.63, 3.8) is 0 Å². The molecule has 8 heteroatoms. The monoisotopic (exact) mass is 355 g/mol. The third kappa shape index (κ3) is 3.61. The van der Waals surface area contributed by atoms with Gasteiger partial charge >= 0.3 is 0 Å². The minimum atomic E-state index is 0.0759. The number of pyridine rings is 1. The number of nitrogens with one attached hydrogen (secondary N) is 1. The molecule has 1 unspecified atom stereocenters. The van der Waals surface area contributed by atoms with Gasteiger partial charge < -0.3 is 11.1 Å². The molecule has 3 N–H and O–H groups in total. The number of nitrogens with zero attached hydrogens (tertiary/aromatic N) is 5. The molecule has 0 aromatic carbocycles. The molecule has 8 nitrogen and oxygen atoms in total. The summed E-state index contributed by atoms with van der Waals surface area (Å²) >= 11 is 0. The van der Waals surface area contributed by atoms with Crippen molar-refractivity contribution in [1.29, 1.82) is 0 Å². The molecular formula is C18H25N7O. The normalized spacial score (nSPS) is 27.4. The number of aromatic nitrogens is 4. The molecular weight excluding hydrogens is 330 g/mol. The molecule has 0 radical (unpaired) electrons. The molecule has 138 valence electrons. The third-order valence-electron chi connectivity index (χ3n) is 5.60. The number of amides is 1. The maximum atomic E-state index is 12.7. The lowest BCUT2D eigenvalue weighted by atomic mass is 9.75. The average Bonchev–Trinajstić information content (AvgIpc) is 3.15. The summed E-state index contributed by atoms with van der Waals surface area (Å²) in [5, 5.41) is 11.3. The van der Waals surface area contributed by atoms with Gasteiger partial charge in [-0.25, -0.2) is 0 Å². The summed E-state index contributed by atoms with van der Waals surface area (Å²) in [4.78, 5) is 19.2. The molecule has 4 atom stereocenters. The van der Waals surface area contributed by atoms with Crippen molar-refractivity contribution >= 4 is 5.91 Å². The first kappa shape index (κ1) is 17.1. The molecule has 26 heavy (non-hydrogen) atoms. The molecule has 0 saturated carbocycles. The van der Waals surface area contributed by atoms with Crippen LogP contribution in [-0.2, 0) is 24.4 Å². The number of nitrogens with two attached hydrogens (primary N) is 1. The van der Waals surface area contributed by atoms with Crippen molar-refractivity contribution in [2.24, 2.45) is 17.6 Å². The molecule has 3 aliphatic rings. The summed E-state index contributed by atoms with van der Waals surface area (Å²) in [5.41, 5.74) is 7.45. The Balaban J connectivity index is 1.33. The molecule has 2 aromatic rings. The van der Waals surface area contributed by atoms with Gasteiger partial charge in [0.25, 0.3) is 0 Å². The third-order valence-corrected chi connectivity index (χ3v) is 5.60. The van der Waals surface area contributed by atoms with Crippen LogP contribution in [0.25, 0.3) is 0 Å². The second kappa shape index (κ2) is 7.51. The Bertz CT molecular complexity index is 747. The Labute approximate surface area is 152 Å². The zero-order valence-corrected chi connectivity index (χ0v) is 14.8. The van der Waals surface area contributed by atoms with Gasteiger partial charge in [0.1, 0.15) is 0 Å². The van der Waals surface area contributed by atoms with Gasteiger partial charge in [-0.2, -0.15) is 0 Å². The number of fused-ring (bicyclic) bond motifs is 3. The van der Waals surface area contributed by atoms with Crippen LogP contribution < -0.4 is 11.1 Å². The highest BCUT2D eigenvalue weighted by Gasteiger charge is 2.43. The zero-order valence-electron chi connectivity index (χ0n) is 14.8. The smallest absolute Gasteiger partial charge is 0.224 e. The number of hydrogen-bond acceptors (Lipinski definition) is 6. The minimum Gasteiger partial charge on any atom is -0.352 e. The Morgan fingerprint density at radius 2 is 2.35 bits per heavy atom. The lowest BCUT2D eigenvalue weighted by Crippen LogP contribution is -2.58. The molecule has 3 fully saturated rings. The standard InChI is InChI=1S/C18H25N7O/c19-7-15-10-25(23-22-15)11-16-6-14-3-5-24(16)12-17(14)18(26)21-9-13-2-1-4-20-8-13/h1-2,4,8,10,14,16-17H,3,5-7,9,11-12,19H2,(H,21,26)/t14-,16-,17-/m1/s1. The van der Waals surface area contributed by atoms with Crippen LogP contribution >= 0.6 is 0 Å². The van der Waals surface area contributed by atoms with Crippen LogP contribution in [0, 0.1) is 11.8 Å². The fraction of sp³-hybridized carbons (Fsp3) is 0.556. The van der Waals surface area contributed by atoms with Gasteiger partial charge in [-0.1, -0.05) is 11.3 Å². The zero-order chi connectivity index (χ0) is 17.9. The summed E-state index contributed by atoms with van der Waals surface area (Å²) in [6, 6.07) is 4.29. The van der Waals surface area contributed by atoms with Gasteiger partial charge in [0.05, 0.1) is 18.2 Å². The van der Waals surface area contributed by atoms with Gasteiger partial charge in [0.15, 0.2) is 0 Å². The van der Waals surface area contributed by atoms with E-state index in [0.717, 1.165) is 43.7 Å². The average molecular weight is 355 g/mol. The van der Waals surface area contributed by atoms with E-state index in [2.05, 4.69) is 25.5 Å². The van der Waals surface area contributed by atoms with Crippen molar-refractivity contribution in [3.8, 4) is 0 Å². The minimum absolute atomic E-state index is 0.0759. The molecule has 5 heterocycles. The molecule has 2 bridgehead atoms. The molecule has 5 rings (SSSR count). The quantitative estimate of drug-likeness (QED) is 0.765. The fourth-order valence-corrected chi connectivity index (χ4v) is 4.19.